The van der Waals surface area contributed by atoms with Crippen LogP contribution < -0.4 is 9.64 Å². The highest BCUT2D eigenvalue weighted by Crippen LogP contribution is 2.72. The van der Waals surface area contributed by atoms with Crippen molar-refractivity contribution in [3.63, 3.8) is 0 Å². The van der Waals surface area contributed by atoms with Gasteiger partial charge in [-0.2, -0.15) is 0 Å². The van der Waals surface area contributed by atoms with Gasteiger partial charge >= 0.3 is 5.97 Å². The Balaban J connectivity index is 1.84. The van der Waals surface area contributed by atoms with E-state index in [2.05, 4.69) is 6.58 Å². The molecule has 3 heterocycles. The number of rotatable bonds is 11. The lowest BCUT2D eigenvalue weighted by Crippen LogP contribution is -2.57. The van der Waals surface area contributed by atoms with Gasteiger partial charge in [-0.3, -0.25) is 14.4 Å². The number of carbonyl (C=O) groups excluding carboxylic acids is 3. The van der Waals surface area contributed by atoms with E-state index in [0.29, 0.717) is 30.7 Å². The average Bonchev–Trinajstić information content (AvgIpc) is 3.46. The third kappa shape index (κ3) is 4.51. The van der Waals surface area contributed by atoms with Crippen molar-refractivity contribution in [1.29, 1.82) is 0 Å². The standard InChI is InChI=1S/C29H40N2O6S/c1-7-15-30(19-9-11-21(36-6)12-10-19)26(34)24-29-14-13-28(5,38-29)23(27(35)37-8-2)22(29)25(33)31(24)20(17-32)16-18(3)4/h7,9-12,18,20,22-24,32H,1,8,13-17H2,2-6H3/t20-,22+,23+,24?,28-,29?/m1/s1. The number of carbonyl (C=O) groups is 3. The number of thioether (sulfide) groups is 1. The zero-order valence-corrected chi connectivity index (χ0v) is 23.8. The molecule has 0 aliphatic carbocycles. The molecule has 0 radical (unpaired) electrons. The molecule has 0 saturated carbocycles. The van der Waals surface area contributed by atoms with Gasteiger partial charge in [0.2, 0.25) is 5.91 Å². The molecular weight excluding hydrogens is 504 g/mol. The maximum absolute atomic E-state index is 14.6. The van der Waals surface area contributed by atoms with E-state index in [-0.39, 0.29) is 43.5 Å². The molecule has 3 fully saturated rings. The molecule has 6 atom stereocenters. The number of methoxy groups -OCH3 is 1. The Hall–Kier alpha value is -2.52. The van der Waals surface area contributed by atoms with Gasteiger partial charge in [-0.05, 0) is 63.3 Å². The predicted octanol–water partition coefficient (Wildman–Crippen LogP) is 3.67. The summed E-state index contributed by atoms with van der Waals surface area (Å²) in [6.45, 7) is 11.9. The first kappa shape index (κ1) is 28.5. The van der Waals surface area contributed by atoms with Crippen LogP contribution in [-0.2, 0) is 19.1 Å². The summed E-state index contributed by atoms with van der Waals surface area (Å²) in [6, 6.07) is 5.85. The predicted molar refractivity (Wildman–Crippen MR) is 148 cm³/mol. The number of benzene rings is 1. The number of nitrogens with zero attached hydrogens (tertiary/aromatic N) is 2. The van der Waals surface area contributed by atoms with E-state index in [9.17, 15) is 19.5 Å². The average molecular weight is 545 g/mol. The molecule has 3 aliphatic rings. The number of esters is 1. The summed E-state index contributed by atoms with van der Waals surface area (Å²) in [4.78, 5) is 45.5. The second kappa shape index (κ2) is 10.9. The minimum absolute atomic E-state index is 0.196. The van der Waals surface area contributed by atoms with E-state index < -0.39 is 33.4 Å². The van der Waals surface area contributed by atoms with Crippen LogP contribution in [0.1, 0.15) is 47.0 Å². The molecule has 4 rings (SSSR count). The fourth-order valence-corrected chi connectivity index (χ4v) is 9.13. The number of amides is 2. The van der Waals surface area contributed by atoms with E-state index in [1.54, 1.807) is 53.8 Å². The Morgan fingerprint density at radius 3 is 2.53 bits per heavy atom. The van der Waals surface area contributed by atoms with Gasteiger partial charge in [-0.25, -0.2) is 0 Å². The Bertz CT molecular complexity index is 1080. The molecule has 1 aromatic rings. The van der Waals surface area contributed by atoms with Crippen LogP contribution in [0.3, 0.4) is 0 Å². The second-order valence-electron chi connectivity index (χ2n) is 11.1. The van der Waals surface area contributed by atoms with E-state index in [1.165, 1.54) is 0 Å². The quantitative estimate of drug-likeness (QED) is 0.335. The van der Waals surface area contributed by atoms with Crippen LogP contribution in [-0.4, -0.2) is 76.2 Å². The van der Waals surface area contributed by atoms with Gasteiger partial charge in [0, 0.05) is 17.0 Å². The van der Waals surface area contributed by atoms with Crippen molar-refractivity contribution < 1.29 is 29.0 Å². The number of hydrogen-bond donors (Lipinski definition) is 1. The maximum Gasteiger partial charge on any atom is 0.311 e. The van der Waals surface area contributed by atoms with Crippen LogP contribution >= 0.6 is 11.8 Å². The molecular formula is C29H40N2O6S. The molecule has 2 amide bonds. The maximum atomic E-state index is 14.6. The normalized spacial score (nSPS) is 30.3. The van der Waals surface area contributed by atoms with Crippen LogP contribution in [0.4, 0.5) is 5.69 Å². The van der Waals surface area contributed by atoms with Gasteiger partial charge in [0.25, 0.3) is 5.91 Å². The molecule has 3 aliphatic heterocycles. The van der Waals surface area contributed by atoms with Gasteiger partial charge in [0.1, 0.15) is 11.8 Å². The van der Waals surface area contributed by atoms with Gasteiger partial charge in [-0.15, -0.1) is 18.3 Å². The lowest BCUT2D eigenvalue weighted by atomic mass is 9.66. The minimum Gasteiger partial charge on any atom is -0.497 e. The van der Waals surface area contributed by atoms with Gasteiger partial charge < -0.3 is 24.4 Å². The monoisotopic (exact) mass is 544 g/mol. The second-order valence-corrected chi connectivity index (χ2v) is 13.0. The van der Waals surface area contributed by atoms with E-state index in [0.717, 1.165) is 0 Å². The molecule has 2 bridgehead atoms. The highest BCUT2D eigenvalue weighted by atomic mass is 32.2. The number of aliphatic hydroxyl groups excluding tert-OH is 1. The van der Waals surface area contributed by atoms with Crippen LogP contribution in [0.25, 0.3) is 0 Å². The molecule has 9 heteroatoms. The first-order chi connectivity index (χ1) is 18.1. The van der Waals surface area contributed by atoms with Crippen molar-refractivity contribution >= 4 is 35.2 Å². The van der Waals surface area contributed by atoms with Crippen molar-refractivity contribution in [1.82, 2.24) is 4.90 Å². The van der Waals surface area contributed by atoms with Crippen LogP contribution in [0.15, 0.2) is 36.9 Å². The first-order valence-corrected chi connectivity index (χ1v) is 14.3. The third-order valence-electron chi connectivity index (χ3n) is 8.30. The number of likely N-dealkylation sites (tertiary alicyclic amines) is 1. The molecule has 2 unspecified atom stereocenters. The van der Waals surface area contributed by atoms with Crippen molar-refractivity contribution in [3.05, 3.63) is 36.9 Å². The van der Waals surface area contributed by atoms with E-state index >= 15 is 0 Å². The van der Waals surface area contributed by atoms with Crippen LogP contribution in [0.2, 0.25) is 0 Å². The van der Waals surface area contributed by atoms with Gasteiger partial charge in [-0.1, -0.05) is 19.9 Å². The molecule has 1 aromatic carbocycles. The van der Waals surface area contributed by atoms with Crippen molar-refractivity contribution in [2.24, 2.45) is 17.8 Å². The molecule has 3 saturated heterocycles. The summed E-state index contributed by atoms with van der Waals surface area (Å²) in [5.74, 6) is -1.29. The smallest absolute Gasteiger partial charge is 0.311 e. The number of hydrogen-bond acceptors (Lipinski definition) is 7. The molecule has 0 aromatic heterocycles. The highest BCUT2D eigenvalue weighted by Gasteiger charge is 2.78. The topological polar surface area (TPSA) is 96.4 Å². The zero-order valence-electron chi connectivity index (χ0n) is 23.0. The number of anilines is 1. The lowest BCUT2D eigenvalue weighted by molar-refractivity contribution is -0.155. The van der Waals surface area contributed by atoms with Crippen LogP contribution in [0, 0.1) is 17.8 Å². The SMILES string of the molecule is C=CCN(C(=O)C1N([C@@H](CO)CC(C)C)C(=O)[C@@H]2[C@@H](C(=O)OCC)[C@@]3(C)CCC12S3)c1ccc(OC)cc1. The van der Waals surface area contributed by atoms with Crippen molar-refractivity contribution in [2.75, 3.05) is 31.8 Å². The Morgan fingerprint density at radius 1 is 1.29 bits per heavy atom. The fourth-order valence-electron chi connectivity index (χ4n) is 6.81. The summed E-state index contributed by atoms with van der Waals surface area (Å²) in [5.41, 5.74) is 0.665. The summed E-state index contributed by atoms with van der Waals surface area (Å²) in [7, 11) is 1.58. The fraction of sp³-hybridized carbons (Fsp3) is 0.621. The highest BCUT2D eigenvalue weighted by molar-refractivity contribution is 8.02. The minimum atomic E-state index is -0.829. The Morgan fingerprint density at radius 2 is 1.97 bits per heavy atom. The molecule has 208 valence electrons. The van der Waals surface area contributed by atoms with Gasteiger partial charge in [0.05, 0.1) is 42.9 Å². The lowest BCUT2D eigenvalue weighted by Gasteiger charge is -2.40. The Kier molecular flexibility index (Phi) is 8.19. The Labute approximate surface area is 229 Å². The molecule has 8 nitrogen and oxygen atoms in total. The van der Waals surface area contributed by atoms with Crippen LogP contribution in [0.5, 0.6) is 5.75 Å². The van der Waals surface area contributed by atoms with Gasteiger partial charge in [0.15, 0.2) is 0 Å². The van der Waals surface area contributed by atoms with E-state index in [1.807, 2.05) is 32.9 Å². The summed E-state index contributed by atoms with van der Waals surface area (Å²) >= 11 is 1.60. The van der Waals surface area contributed by atoms with Crippen molar-refractivity contribution in [3.8, 4) is 5.75 Å². The van der Waals surface area contributed by atoms with E-state index in [4.69, 9.17) is 9.47 Å². The number of ether oxygens (including phenoxy) is 2. The first-order valence-electron chi connectivity index (χ1n) is 13.4. The molecule has 38 heavy (non-hydrogen) atoms. The van der Waals surface area contributed by atoms with Crippen molar-refractivity contribution in [2.45, 2.75) is 68.5 Å². The number of aliphatic hydroxyl groups is 1. The summed E-state index contributed by atoms with van der Waals surface area (Å²) in [5, 5.41) is 10.5. The third-order valence-corrected chi connectivity index (χ3v) is 10.3. The largest absolute Gasteiger partial charge is 0.497 e. The zero-order chi connectivity index (χ0) is 27.8. The number of fused-ring (bicyclic) bond motifs is 1. The summed E-state index contributed by atoms with van der Waals surface area (Å²) in [6.07, 6.45) is 3.56. The molecule has 1 N–H and O–H groups in total. The molecule has 1 spiro atoms. The summed E-state index contributed by atoms with van der Waals surface area (Å²) < 4.78 is 9.48.